The van der Waals surface area contributed by atoms with Crippen molar-refractivity contribution < 1.29 is 9.90 Å². The maximum Gasteiger partial charge on any atom is 0.305 e. The number of aliphatic carboxylic acids is 1. The third-order valence-electron chi connectivity index (χ3n) is 2.92. The monoisotopic (exact) mass is 179 g/mol. The number of carbonyl (C=O) groups is 1. The lowest BCUT2D eigenvalue weighted by atomic mass is 9.74. The van der Waals surface area contributed by atoms with Crippen LogP contribution in [-0.4, -0.2) is 15.6 Å². The second-order valence-corrected chi connectivity index (χ2v) is 3.74. The first-order valence-corrected chi connectivity index (χ1v) is 4.58. The highest BCUT2D eigenvalue weighted by atomic mass is 16.4. The molecule has 0 saturated heterocycles. The SMILES string of the molecule is O=C(O)CC1(n2cccc2)CCC1. The van der Waals surface area contributed by atoms with Gasteiger partial charge < -0.3 is 9.67 Å². The van der Waals surface area contributed by atoms with Gasteiger partial charge in [0.25, 0.3) is 0 Å². The molecule has 1 N–H and O–H groups in total. The molecule has 1 aromatic heterocycles. The first kappa shape index (κ1) is 8.35. The molecular weight excluding hydrogens is 166 g/mol. The lowest BCUT2D eigenvalue weighted by molar-refractivity contribution is -0.140. The molecule has 1 aromatic rings. The second-order valence-electron chi connectivity index (χ2n) is 3.74. The summed E-state index contributed by atoms with van der Waals surface area (Å²) >= 11 is 0. The van der Waals surface area contributed by atoms with Crippen molar-refractivity contribution in [2.75, 3.05) is 0 Å². The summed E-state index contributed by atoms with van der Waals surface area (Å²) in [7, 11) is 0. The van der Waals surface area contributed by atoms with Crippen LogP contribution in [0.4, 0.5) is 0 Å². The molecule has 0 unspecified atom stereocenters. The molecule has 2 rings (SSSR count). The van der Waals surface area contributed by atoms with Crippen molar-refractivity contribution in [2.45, 2.75) is 31.2 Å². The standard InChI is InChI=1S/C10H13NO2/c12-9(13)8-10(4-3-5-10)11-6-1-2-7-11/h1-2,6-7H,3-5,8H2,(H,12,13). The maximum absolute atomic E-state index is 10.7. The van der Waals surface area contributed by atoms with Gasteiger partial charge in [-0.1, -0.05) is 0 Å². The van der Waals surface area contributed by atoms with Gasteiger partial charge in [0.15, 0.2) is 0 Å². The third kappa shape index (κ3) is 1.34. The van der Waals surface area contributed by atoms with Crippen molar-refractivity contribution in [2.24, 2.45) is 0 Å². The molecule has 1 heterocycles. The molecule has 3 nitrogen and oxygen atoms in total. The minimum atomic E-state index is -0.701. The summed E-state index contributed by atoms with van der Waals surface area (Å²) in [4.78, 5) is 10.7. The number of carboxylic acids is 1. The van der Waals surface area contributed by atoms with Gasteiger partial charge in [0.2, 0.25) is 0 Å². The van der Waals surface area contributed by atoms with Crippen LogP contribution in [0.2, 0.25) is 0 Å². The van der Waals surface area contributed by atoms with E-state index >= 15 is 0 Å². The molecule has 13 heavy (non-hydrogen) atoms. The Morgan fingerprint density at radius 2 is 2.00 bits per heavy atom. The zero-order chi connectivity index (χ0) is 9.31. The number of hydrogen-bond acceptors (Lipinski definition) is 1. The molecule has 0 atom stereocenters. The van der Waals surface area contributed by atoms with E-state index in [2.05, 4.69) is 0 Å². The number of nitrogens with zero attached hydrogens (tertiary/aromatic N) is 1. The van der Waals surface area contributed by atoms with Crippen molar-refractivity contribution in [1.29, 1.82) is 0 Å². The predicted molar refractivity (Wildman–Crippen MR) is 48.5 cm³/mol. The topological polar surface area (TPSA) is 42.2 Å². The van der Waals surface area contributed by atoms with Gasteiger partial charge >= 0.3 is 5.97 Å². The lowest BCUT2D eigenvalue weighted by Gasteiger charge is -2.42. The minimum absolute atomic E-state index is 0.116. The Kier molecular flexibility index (Phi) is 1.87. The summed E-state index contributed by atoms with van der Waals surface area (Å²) < 4.78 is 2.05. The Labute approximate surface area is 77.0 Å². The molecule has 0 radical (unpaired) electrons. The van der Waals surface area contributed by atoms with Crippen molar-refractivity contribution >= 4 is 5.97 Å². The largest absolute Gasteiger partial charge is 0.481 e. The maximum atomic E-state index is 10.7. The highest BCUT2D eigenvalue weighted by Gasteiger charge is 2.39. The van der Waals surface area contributed by atoms with Crippen LogP contribution in [-0.2, 0) is 10.3 Å². The van der Waals surface area contributed by atoms with Gasteiger partial charge in [-0.05, 0) is 31.4 Å². The Morgan fingerprint density at radius 1 is 1.38 bits per heavy atom. The molecule has 0 spiro atoms. The quantitative estimate of drug-likeness (QED) is 0.769. The van der Waals surface area contributed by atoms with Gasteiger partial charge in [0, 0.05) is 12.4 Å². The fourth-order valence-electron chi connectivity index (χ4n) is 2.04. The Hall–Kier alpha value is -1.25. The first-order valence-electron chi connectivity index (χ1n) is 4.58. The molecule has 1 saturated carbocycles. The molecule has 0 aromatic carbocycles. The highest BCUT2D eigenvalue weighted by Crippen LogP contribution is 2.42. The van der Waals surface area contributed by atoms with Crippen molar-refractivity contribution in [3.8, 4) is 0 Å². The average Bonchev–Trinajstić information content (AvgIpc) is 2.48. The van der Waals surface area contributed by atoms with Gasteiger partial charge in [0.05, 0.1) is 12.0 Å². The minimum Gasteiger partial charge on any atom is -0.481 e. The predicted octanol–water partition coefficient (Wildman–Crippen LogP) is 1.84. The zero-order valence-corrected chi connectivity index (χ0v) is 7.44. The number of aromatic nitrogens is 1. The molecule has 0 aliphatic heterocycles. The third-order valence-corrected chi connectivity index (χ3v) is 2.92. The van der Waals surface area contributed by atoms with Crippen LogP contribution in [0.15, 0.2) is 24.5 Å². The van der Waals surface area contributed by atoms with E-state index in [0.29, 0.717) is 0 Å². The van der Waals surface area contributed by atoms with Crippen molar-refractivity contribution in [3.63, 3.8) is 0 Å². The molecule has 1 fully saturated rings. The van der Waals surface area contributed by atoms with E-state index in [1.54, 1.807) is 0 Å². The van der Waals surface area contributed by atoms with Crippen LogP contribution < -0.4 is 0 Å². The van der Waals surface area contributed by atoms with E-state index in [0.717, 1.165) is 19.3 Å². The van der Waals surface area contributed by atoms with Crippen LogP contribution in [0.25, 0.3) is 0 Å². The van der Waals surface area contributed by atoms with Gasteiger partial charge in [-0.3, -0.25) is 4.79 Å². The van der Waals surface area contributed by atoms with E-state index in [1.807, 2.05) is 29.1 Å². The molecule has 1 aliphatic rings. The van der Waals surface area contributed by atoms with E-state index < -0.39 is 5.97 Å². The van der Waals surface area contributed by atoms with Gasteiger partial charge in [-0.2, -0.15) is 0 Å². The van der Waals surface area contributed by atoms with Crippen molar-refractivity contribution in [1.82, 2.24) is 4.57 Å². The molecular formula is C10H13NO2. The molecule has 1 aliphatic carbocycles. The summed E-state index contributed by atoms with van der Waals surface area (Å²) in [5.74, 6) is -0.701. The van der Waals surface area contributed by atoms with E-state index in [1.165, 1.54) is 0 Å². The lowest BCUT2D eigenvalue weighted by Crippen LogP contribution is -2.41. The summed E-state index contributed by atoms with van der Waals surface area (Å²) in [6.07, 6.45) is 7.30. The first-order chi connectivity index (χ1) is 6.23. The Morgan fingerprint density at radius 3 is 2.38 bits per heavy atom. The number of rotatable bonds is 3. The van der Waals surface area contributed by atoms with Crippen LogP contribution in [0.3, 0.4) is 0 Å². The fourth-order valence-corrected chi connectivity index (χ4v) is 2.04. The van der Waals surface area contributed by atoms with Crippen LogP contribution >= 0.6 is 0 Å². The molecule has 0 amide bonds. The highest BCUT2D eigenvalue weighted by molar-refractivity contribution is 5.68. The van der Waals surface area contributed by atoms with E-state index in [4.69, 9.17) is 5.11 Å². The summed E-state index contributed by atoms with van der Waals surface area (Å²) in [6, 6.07) is 3.89. The number of hydrogen-bond donors (Lipinski definition) is 1. The van der Waals surface area contributed by atoms with Gasteiger partial charge in [-0.25, -0.2) is 0 Å². The van der Waals surface area contributed by atoms with Crippen LogP contribution in [0.1, 0.15) is 25.7 Å². The fraction of sp³-hybridized carbons (Fsp3) is 0.500. The van der Waals surface area contributed by atoms with Gasteiger partial charge in [0.1, 0.15) is 0 Å². The van der Waals surface area contributed by atoms with E-state index in [9.17, 15) is 4.79 Å². The van der Waals surface area contributed by atoms with Crippen LogP contribution in [0, 0.1) is 0 Å². The Balaban J connectivity index is 2.20. The second kappa shape index (κ2) is 2.91. The summed E-state index contributed by atoms with van der Waals surface area (Å²) in [5.41, 5.74) is -0.116. The molecule has 70 valence electrons. The Bertz CT molecular complexity index is 299. The normalized spacial score (nSPS) is 19.4. The summed E-state index contributed by atoms with van der Waals surface area (Å²) in [5, 5.41) is 8.80. The van der Waals surface area contributed by atoms with E-state index in [-0.39, 0.29) is 12.0 Å². The zero-order valence-electron chi connectivity index (χ0n) is 7.44. The average molecular weight is 179 g/mol. The summed E-state index contributed by atoms with van der Waals surface area (Å²) in [6.45, 7) is 0. The smallest absolute Gasteiger partial charge is 0.305 e. The number of carboxylic acid groups (broad SMARTS) is 1. The molecule has 0 bridgehead atoms. The van der Waals surface area contributed by atoms with Crippen LogP contribution in [0.5, 0.6) is 0 Å². The molecule has 3 heteroatoms. The van der Waals surface area contributed by atoms with Crippen molar-refractivity contribution in [3.05, 3.63) is 24.5 Å². The van der Waals surface area contributed by atoms with Gasteiger partial charge in [-0.15, -0.1) is 0 Å².